The SMILES string of the molecule is COc1cccc(C)c1N=C=S. The summed E-state index contributed by atoms with van der Waals surface area (Å²) < 4.78 is 5.10. The fraction of sp³-hybridized carbons (Fsp3) is 0.222. The highest BCUT2D eigenvalue weighted by molar-refractivity contribution is 7.78. The van der Waals surface area contributed by atoms with Crippen LogP contribution in [0, 0.1) is 6.92 Å². The largest absolute Gasteiger partial charge is 0.494 e. The lowest BCUT2D eigenvalue weighted by Crippen LogP contribution is -1.84. The van der Waals surface area contributed by atoms with Crippen LogP contribution in [0.2, 0.25) is 0 Å². The summed E-state index contributed by atoms with van der Waals surface area (Å²) in [4.78, 5) is 3.92. The van der Waals surface area contributed by atoms with Crippen LogP contribution >= 0.6 is 12.2 Å². The van der Waals surface area contributed by atoms with E-state index < -0.39 is 0 Å². The van der Waals surface area contributed by atoms with Crippen LogP contribution in [0.3, 0.4) is 0 Å². The van der Waals surface area contributed by atoms with E-state index >= 15 is 0 Å². The fourth-order valence-corrected chi connectivity index (χ4v) is 1.08. The van der Waals surface area contributed by atoms with Crippen LogP contribution in [0.25, 0.3) is 0 Å². The van der Waals surface area contributed by atoms with Crippen LogP contribution < -0.4 is 4.74 Å². The molecule has 0 radical (unpaired) electrons. The molecule has 3 heteroatoms. The normalized spacial score (nSPS) is 8.83. The number of hydrogen-bond donors (Lipinski definition) is 0. The Balaban J connectivity index is 3.28. The summed E-state index contributed by atoms with van der Waals surface area (Å²) in [5.41, 5.74) is 1.79. The maximum absolute atomic E-state index is 5.10. The zero-order valence-electron chi connectivity index (χ0n) is 7.00. The minimum absolute atomic E-state index is 0.729. The van der Waals surface area contributed by atoms with E-state index in [0.29, 0.717) is 0 Å². The molecule has 62 valence electrons. The molecule has 0 fully saturated rings. The van der Waals surface area contributed by atoms with Crippen molar-refractivity contribution < 1.29 is 4.74 Å². The molecule has 0 bridgehead atoms. The van der Waals surface area contributed by atoms with Gasteiger partial charge in [0, 0.05) is 0 Å². The number of aryl methyl sites for hydroxylation is 1. The van der Waals surface area contributed by atoms with Gasteiger partial charge in [-0.2, -0.15) is 4.99 Å². The Morgan fingerprint density at radius 3 is 2.83 bits per heavy atom. The van der Waals surface area contributed by atoms with Gasteiger partial charge in [0.2, 0.25) is 0 Å². The lowest BCUT2D eigenvalue weighted by Gasteiger charge is -2.04. The van der Waals surface area contributed by atoms with Crippen molar-refractivity contribution in [2.75, 3.05) is 7.11 Å². The molecule has 1 aromatic carbocycles. The summed E-state index contributed by atoms with van der Waals surface area (Å²) in [5.74, 6) is 0.729. The van der Waals surface area contributed by atoms with E-state index in [-0.39, 0.29) is 0 Å². The molecular weight excluding hydrogens is 170 g/mol. The first-order chi connectivity index (χ1) is 5.79. The van der Waals surface area contributed by atoms with Gasteiger partial charge < -0.3 is 4.74 Å². The molecule has 2 nitrogen and oxygen atoms in total. The minimum Gasteiger partial charge on any atom is -0.494 e. The van der Waals surface area contributed by atoms with E-state index in [1.54, 1.807) is 7.11 Å². The second kappa shape index (κ2) is 4.00. The number of para-hydroxylation sites is 1. The lowest BCUT2D eigenvalue weighted by molar-refractivity contribution is 0.416. The molecule has 0 aliphatic carbocycles. The highest BCUT2D eigenvalue weighted by Crippen LogP contribution is 2.29. The number of methoxy groups -OCH3 is 1. The van der Waals surface area contributed by atoms with Gasteiger partial charge >= 0.3 is 0 Å². The van der Waals surface area contributed by atoms with Gasteiger partial charge in [0.1, 0.15) is 11.4 Å². The lowest BCUT2D eigenvalue weighted by atomic mass is 10.2. The van der Waals surface area contributed by atoms with Crippen LogP contribution in [0.15, 0.2) is 23.2 Å². The highest BCUT2D eigenvalue weighted by atomic mass is 32.1. The summed E-state index contributed by atoms with van der Waals surface area (Å²) in [7, 11) is 1.61. The Hall–Kier alpha value is -1.18. The van der Waals surface area contributed by atoms with Crippen LogP contribution in [-0.4, -0.2) is 12.3 Å². The average Bonchev–Trinajstić information content (AvgIpc) is 2.09. The fourth-order valence-electron chi connectivity index (χ4n) is 0.986. The van der Waals surface area contributed by atoms with Crippen LogP contribution in [0.5, 0.6) is 5.75 Å². The number of aliphatic imine (C=N–C) groups is 1. The van der Waals surface area contributed by atoms with Crippen molar-refractivity contribution in [3.8, 4) is 5.75 Å². The number of isothiocyanates is 1. The van der Waals surface area contributed by atoms with Gasteiger partial charge in [0.25, 0.3) is 0 Å². The van der Waals surface area contributed by atoms with Crippen molar-refractivity contribution in [2.24, 2.45) is 4.99 Å². The Kier molecular flexibility index (Phi) is 2.97. The molecule has 0 aliphatic rings. The van der Waals surface area contributed by atoms with E-state index in [2.05, 4.69) is 22.4 Å². The number of nitrogens with zero attached hydrogens (tertiary/aromatic N) is 1. The summed E-state index contributed by atoms with van der Waals surface area (Å²) in [6.07, 6.45) is 0. The number of thiocarbonyl (C=S) groups is 1. The van der Waals surface area contributed by atoms with Gasteiger partial charge in [0.05, 0.1) is 12.3 Å². The Morgan fingerprint density at radius 2 is 2.25 bits per heavy atom. The molecular formula is C9H9NOS. The van der Waals surface area contributed by atoms with Crippen molar-refractivity contribution in [1.29, 1.82) is 0 Å². The Morgan fingerprint density at radius 1 is 1.50 bits per heavy atom. The monoisotopic (exact) mass is 179 g/mol. The third kappa shape index (κ3) is 1.70. The minimum atomic E-state index is 0.729. The van der Waals surface area contributed by atoms with Gasteiger partial charge in [-0.05, 0) is 30.8 Å². The molecule has 1 rings (SSSR count). The van der Waals surface area contributed by atoms with Gasteiger partial charge in [-0.15, -0.1) is 0 Å². The quantitative estimate of drug-likeness (QED) is 0.514. The molecule has 0 heterocycles. The smallest absolute Gasteiger partial charge is 0.145 e. The first kappa shape index (κ1) is 8.91. The molecule has 0 saturated heterocycles. The molecule has 0 saturated carbocycles. The predicted octanol–water partition coefficient (Wildman–Crippen LogP) is 2.74. The van der Waals surface area contributed by atoms with Crippen molar-refractivity contribution >= 4 is 23.1 Å². The maximum Gasteiger partial charge on any atom is 0.145 e. The molecule has 0 amide bonds. The summed E-state index contributed by atoms with van der Waals surface area (Å²) in [6, 6.07) is 5.71. The number of hydrogen-bond acceptors (Lipinski definition) is 3. The third-order valence-electron chi connectivity index (χ3n) is 1.58. The van der Waals surface area contributed by atoms with E-state index in [1.165, 1.54) is 0 Å². The molecule has 0 aromatic heterocycles. The van der Waals surface area contributed by atoms with Crippen LogP contribution in [-0.2, 0) is 0 Å². The zero-order chi connectivity index (χ0) is 8.97. The van der Waals surface area contributed by atoms with Gasteiger partial charge in [0.15, 0.2) is 0 Å². The van der Waals surface area contributed by atoms with E-state index in [4.69, 9.17) is 4.74 Å². The molecule has 12 heavy (non-hydrogen) atoms. The van der Waals surface area contributed by atoms with Crippen molar-refractivity contribution in [2.45, 2.75) is 6.92 Å². The third-order valence-corrected chi connectivity index (χ3v) is 1.67. The second-order valence-corrected chi connectivity index (χ2v) is 2.51. The van der Waals surface area contributed by atoms with Gasteiger partial charge in [-0.1, -0.05) is 12.1 Å². The van der Waals surface area contributed by atoms with Gasteiger partial charge in [-0.3, -0.25) is 0 Å². The van der Waals surface area contributed by atoms with Crippen molar-refractivity contribution in [3.63, 3.8) is 0 Å². The zero-order valence-corrected chi connectivity index (χ0v) is 7.81. The number of rotatable bonds is 2. The molecule has 1 aromatic rings. The first-order valence-corrected chi connectivity index (χ1v) is 3.92. The number of ether oxygens (including phenoxy) is 1. The van der Waals surface area contributed by atoms with E-state index in [1.807, 2.05) is 25.1 Å². The van der Waals surface area contributed by atoms with E-state index in [0.717, 1.165) is 17.0 Å². The van der Waals surface area contributed by atoms with Crippen LogP contribution in [0.1, 0.15) is 5.56 Å². The molecule has 0 unspecified atom stereocenters. The molecule has 0 spiro atoms. The highest BCUT2D eigenvalue weighted by Gasteiger charge is 2.02. The summed E-state index contributed by atoms with van der Waals surface area (Å²) in [5, 5.41) is 2.33. The summed E-state index contributed by atoms with van der Waals surface area (Å²) in [6.45, 7) is 1.95. The standard InChI is InChI=1S/C9H9NOS/c1-7-4-3-5-8(11-2)9(7)10-6-12/h3-5H,1-2H3. The second-order valence-electron chi connectivity index (χ2n) is 2.33. The van der Waals surface area contributed by atoms with Crippen molar-refractivity contribution in [1.82, 2.24) is 0 Å². The Bertz CT molecular complexity index is 329. The molecule has 0 atom stereocenters. The van der Waals surface area contributed by atoms with E-state index in [9.17, 15) is 0 Å². The average molecular weight is 179 g/mol. The molecule has 0 aliphatic heterocycles. The van der Waals surface area contributed by atoms with Crippen molar-refractivity contribution in [3.05, 3.63) is 23.8 Å². The summed E-state index contributed by atoms with van der Waals surface area (Å²) >= 11 is 4.53. The first-order valence-electron chi connectivity index (χ1n) is 3.51. The Labute approximate surface area is 76.9 Å². The topological polar surface area (TPSA) is 21.6 Å². The van der Waals surface area contributed by atoms with Gasteiger partial charge in [-0.25, -0.2) is 0 Å². The number of benzene rings is 1. The predicted molar refractivity (Wildman–Crippen MR) is 52.4 cm³/mol. The van der Waals surface area contributed by atoms with Crippen LogP contribution in [0.4, 0.5) is 5.69 Å². The molecule has 0 N–H and O–H groups in total. The maximum atomic E-state index is 5.10.